The molecule has 9 heteroatoms. The van der Waals surface area contributed by atoms with Gasteiger partial charge in [-0.25, -0.2) is 10.5 Å². The van der Waals surface area contributed by atoms with E-state index in [2.05, 4.69) is 10.3 Å². The molecule has 2 heterocycles. The fraction of sp³-hybridized carbons (Fsp3) is 0.500. The van der Waals surface area contributed by atoms with Crippen LogP contribution in [0.25, 0.3) is 10.2 Å². The average molecular weight is 419 g/mol. The Bertz CT molecular complexity index is 851. The molecule has 156 valence electrons. The Hall–Kier alpha value is -2.52. The monoisotopic (exact) mass is 418 g/mol. The Balaban J connectivity index is 1.70. The molecule has 0 spiro atoms. The second-order valence-electron chi connectivity index (χ2n) is 7.24. The highest BCUT2D eigenvalue weighted by atomic mass is 32.1. The third-order valence-electron chi connectivity index (χ3n) is 5.17. The number of carbonyl (C=O) groups excluding carboxylic acids is 3. The molecule has 0 bridgehead atoms. The molecular formula is C20H26N4O4S. The molecule has 0 saturated carbocycles. The van der Waals surface area contributed by atoms with Crippen molar-refractivity contribution in [3.8, 4) is 0 Å². The lowest BCUT2D eigenvalue weighted by atomic mass is 9.96. The molecule has 1 saturated heterocycles. The number of amides is 3. The van der Waals surface area contributed by atoms with Crippen molar-refractivity contribution in [2.75, 3.05) is 11.9 Å². The largest absolute Gasteiger partial charge is 0.330 e. The van der Waals surface area contributed by atoms with Gasteiger partial charge in [0.05, 0.1) is 10.2 Å². The zero-order chi connectivity index (χ0) is 20.8. The van der Waals surface area contributed by atoms with E-state index in [1.54, 1.807) is 10.4 Å². The lowest BCUT2D eigenvalue weighted by Crippen LogP contribution is -2.46. The Kier molecular flexibility index (Phi) is 7.16. The van der Waals surface area contributed by atoms with Crippen LogP contribution in [-0.4, -0.2) is 45.4 Å². The van der Waals surface area contributed by atoms with Crippen LogP contribution >= 0.6 is 11.3 Å². The number of carbonyl (C=O) groups is 3. The minimum atomic E-state index is -0.589. The summed E-state index contributed by atoms with van der Waals surface area (Å²) in [6.45, 7) is 2.50. The second kappa shape index (κ2) is 9.80. The van der Waals surface area contributed by atoms with Crippen molar-refractivity contribution >= 4 is 44.4 Å². The Morgan fingerprint density at radius 3 is 2.86 bits per heavy atom. The summed E-state index contributed by atoms with van der Waals surface area (Å²) in [5, 5.41) is 12.2. The Morgan fingerprint density at radius 2 is 2.14 bits per heavy atom. The summed E-state index contributed by atoms with van der Waals surface area (Å²) in [5.41, 5.74) is 2.42. The number of hydrogen-bond donors (Lipinski definition) is 3. The van der Waals surface area contributed by atoms with Crippen molar-refractivity contribution < 1.29 is 19.6 Å². The van der Waals surface area contributed by atoms with Gasteiger partial charge in [0.2, 0.25) is 17.7 Å². The number of fused-ring (bicyclic) bond motifs is 1. The first-order valence-electron chi connectivity index (χ1n) is 9.93. The van der Waals surface area contributed by atoms with Gasteiger partial charge in [-0.2, -0.15) is 0 Å². The number of thiazole rings is 1. The third kappa shape index (κ3) is 5.10. The maximum absolute atomic E-state index is 13.1. The van der Waals surface area contributed by atoms with Crippen molar-refractivity contribution in [2.24, 2.45) is 5.92 Å². The fourth-order valence-electron chi connectivity index (χ4n) is 3.68. The first-order chi connectivity index (χ1) is 14.0. The molecular weight excluding hydrogens is 392 g/mol. The quantitative estimate of drug-likeness (QED) is 0.451. The molecule has 0 aliphatic carbocycles. The molecule has 8 nitrogen and oxygen atoms in total. The van der Waals surface area contributed by atoms with Gasteiger partial charge in [-0.15, -0.1) is 0 Å². The number of anilines is 1. The summed E-state index contributed by atoms with van der Waals surface area (Å²) >= 11 is 1.40. The summed E-state index contributed by atoms with van der Waals surface area (Å²) in [6, 6.07) is 7.07. The number of aromatic nitrogens is 1. The first-order valence-corrected chi connectivity index (χ1v) is 10.7. The molecule has 3 rings (SSSR count). The highest BCUT2D eigenvalue weighted by molar-refractivity contribution is 7.22. The van der Waals surface area contributed by atoms with Crippen LogP contribution in [0.15, 0.2) is 24.3 Å². The number of rotatable bonds is 8. The van der Waals surface area contributed by atoms with E-state index in [9.17, 15) is 14.4 Å². The average Bonchev–Trinajstić information content (AvgIpc) is 3.36. The van der Waals surface area contributed by atoms with Crippen LogP contribution in [0.1, 0.15) is 45.4 Å². The van der Waals surface area contributed by atoms with Crippen molar-refractivity contribution in [1.29, 1.82) is 0 Å². The predicted molar refractivity (Wildman–Crippen MR) is 111 cm³/mol. The second-order valence-corrected chi connectivity index (χ2v) is 8.27. The van der Waals surface area contributed by atoms with Gasteiger partial charge in [-0.05, 0) is 31.4 Å². The Morgan fingerprint density at radius 1 is 1.34 bits per heavy atom. The summed E-state index contributed by atoms with van der Waals surface area (Å²) in [7, 11) is 0. The summed E-state index contributed by atoms with van der Waals surface area (Å²) in [5.74, 6) is -1.59. The number of para-hydroxylation sites is 1. The fourth-order valence-corrected chi connectivity index (χ4v) is 4.55. The number of hydroxylamine groups is 1. The summed E-state index contributed by atoms with van der Waals surface area (Å²) < 4.78 is 0.983. The standard InChI is InChI=1S/C20H26N4O4S/c1-2-3-7-13(12-17(25)23-28)19(27)24-11-6-9-15(24)18(26)22-20-21-14-8-4-5-10-16(14)29-20/h4-5,8,10,13,15,28H,2-3,6-7,9,11-12H2,1H3,(H,23,25)(H,21,22,26). The molecule has 1 aromatic carbocycles. The predicted octanol–water partition coefficient (Wildman–Crippen LogP) is 2.93. The summed E-state index contributed by atoms with van der Waals surface area (Å²) in [4.78, 5) is 43.6. The van der Waals surface area contributed by atoms with E-state index in [1.165, 1.54) is 11.3 Å². The number of unbranched alkanes of at least 4 members (excludes halogenated alkanes) is 1. The van der Waals surface area contributed by atoms with Crippen LogP contribution in [0.4, 0.5) is 5.13 Å². The molecule has 0 radical (unpaired) electrons. The zero-order valence-corrected chi connectivity index (χ0v) is 17.2. The topological polar surface area (TPSA) is 112 Å². The van der Waals surface area contributed by atoms with Gasteiger partial charge in [0.15, 0.2) is 5.13 Å². The van der Waals surface area contributed by atoms with E-state index in [0.29, 0.717) is 24.5 Å². The zero-order valence-electron chi connectivity index (χ0n) is 16.4. The minimum Gasteiger partial charge on any atom is -0.330 e. The van der Waals surface area contributed by atoms with E-state index in [4.69, 9.17) is 5.21 Å². The van der Waals surface area contributed by atoms with Crippen molar-refractivity contribution in [1.82, 2.24) is 15.4 Å². The lowest BCUT2D eigenvalue weighted by Gasteiger charge is -2.27. The molecule has 2 aromatic rings. The van der Waals surface area contributed by atoms with Crippen LogP contribution in [-0.2, 0) is 14.4 Å². The van der Waals surface area contributed by atoms with Gasteiger partial charge >= 0.3 is 0 Å². The number of likely N-dealkylation sites (tertiary alicyclic amines) is 1. The van der Waals surface area contributed by atoms with Gasteiger partial charge in [0.1, 0.15) is 6.04 Å². The minimum absolute atomic E-state index is 0.0853. The smallest absolute Gasteiger partial charge is 0.248 e. The van der Waals surface area contributed by atoms with Crippen LogP contribution in [0.5, 0.6) is 0 Å². The number of benzene rings is 1. The number of nitrogens with zero attached hydrogens (tertiary/aromatic N) is 2. The SMILES string of the molecule is CCCCC(CC(=O)NO)C(=O)N1CCCC1C(=O)Nc1nc2ccccc2s1. The van der Waals surface area contributed by atoms with Crippen LogP contribution < -0.4 is 10.8 Å². The summed E-state index contributed by atoms with van der Waals surface area (Å²) in [6.07, 6.45) is 3.46. The molecule has 2 unspecified atom stereocenters. The number of hydrogen-bond acceptors (Lipinski definition) is 6. The van der Waals surface area contributed by atoms with Crippen LogP contribution in [0.3, 0.4) is 0 Å². The highest BCUT2D eigenvalue weighted by Gasteiger charge is 2.37. The van der Waals surface area contributed by atoms with Crippen LogP contribution in [0, 0.1) is 5.92 Å². The highest BCUT2D eigenvalue weighted by Crippen LogP contribution is 2.28. The van der Waals surface area contributed by atoms with Gasteiger partial charge < -0.3 is 10.2 Å². The lowest BCUT2D eigenvalue weighted by molar-refractivity contribution is -0.143. The third-order valence-corrected chi connectivity index (χ3v) is 6.13. The van der Waals surface area contributed by atoms with Crippen molar-refractivity contribution in [2.45, 2.75) is 51.5 Å². The molecule has 29 heavy (non-hydrogen) atoms. The maximum atomic E-state index is 13.1. The van der Waals surface area contributed by atoms with E-state index >= 15 is 0 Å². The van der Waals surface area contributed by atoms with E-state index in [-0.39, 0.29) is 18.2 Å². The van der Waals surface area contributed by atoms with Gasteiger partial charge in [-0.1, -0.05) is 43.2 Å². The van der Waals surface area contributed by atoms with Gasteiger partial charge in [0.25, 0.3) is 0 Å². The van der Waals surface area contributed by atoms with Gasteiger partial charge in [-0.3, -0.25) is 19.6 Å². The normalized spacial score (nSPS) is 17.3. The number of nitrogens with one attached hydrogen (secondary N) is 2. The van der Waals surface area contributed by atoms with Gasteiger partial charge in [0, 0.05) is 18.9 Å². The molecule has 2 atom stereocenters. The van der Waals surface area contributed by atoms with Crippen LogP contribution in [0.2, 0.25) is 0 Å². The molecule has 1 fully saturated rings. The van der Waals surface area contributed by atoms with E-state index in [0.717, 1.165) is 29.5 Å². The van der Waals surface area contributed by atoms with E-state index < -0.39 is 17.9 Å². The maximum Gasteiger partial charge on any atom is 0.248 e. The molecule has 1 aliphatic heterocycles. The van der Waals surface area contributed by atoms with Crippen molar-refractivity contribution in [3.05, 3.63) is 24.3 Å². The van der Waals surface area contributed by atoms with Crippen molar-refractivity contribution in [3.63, 3.8) is 0 Å². The first kappa shape index (κ1) is 21.2. The molecule has 3 amide bonds. The Labute approximate surface area is 173 Å². The molecule has 1 aromatic heterocycles. The molecule has 1 aliphatic rings. The van der Waals surface area contributed by atoms with E-state index in [1.807, 2.05) is 31.2 Å². The molecule has 3 N–H and O–H groups in total.